The predicted octanol–water partition coefficient (Wildman–Crippen LogP) is 7.32. The number of amides is 2. The molecule has 260 valence electrons. The van der Waals surface area contributed by atoms with Crippen LogP contribution in [0.15, 0.2) is 66.7 Å². The number of pyridine rings is 1. The van der Waals surface area contributed by atoms with Crippen LogP contribution in [0.3, 0.4) is 0 Å². The third kappa shape index (κ3) is 10.2. The zero-order valence-corrected chi connectivity index (χ0v) is 27.7. The molecule has 2 amide bonds. The fourth-order valence-electron chi connectivity index (χ4n) is 4.94. The molecule has 3 N–H and O–H groups in total. The Bertz CT molecular complexity index is 1840. The lowest BCUT2D eigenvalue weighted by Crippen LogP contribution is -2.34. The first-order chi connectivity index (χ1) is 22.9. The van der Waals surface area contributed by atoms with Crippen LogP contribution in [0, 0.1) is 28.9 Å². The lowest BCUT2D eigenvalue weighted by Gasteiger charge is -2.22. The number of primary amides is 1. The SMILES string of the molecule is C=CC(=CC(C(N)=O)=C(F)CC)c1cccnc1C(Cc1cc(F)cc(F)c1)NC(=O)Cn1nc(C(F)(F)F)c(C#CC(C)(C)C)c1CC. The average molecular weight is 686 g/mol. The number of nitrogens with two attached hydrogens (primary N) is 1. The zero-order valence-electron chi connectivity index (χ0n) is 27.7. The van der Waals surface area contributed by atoms with E-state index >= 15 is 0 Å². The van der Waals surface area contributed by atoms with Gasteiger partial charge in [0, 0.05) is 23.2 Å². The van der Waals surface area contributed by atoms with Crippen molar-refractivity contribution < 1.29 is 35.9 Å². The van der Waals surface area contributed by atoms with Crippen LogP contribution in [-0.4, -0.2) is 26.6 Å². The molecule has 49 heavy (non-hydrogen) atoms. The quantitative estimate of drug-likeness (QED) is 0.0903. The lowest BCUT2D eigenvalue weighted by molar-refractivity contribution is -0.142. The number of nitrogens with zero attached hydrogens (tertiary/aromatic N) is 3. The van der Waals surface area contributed by atoms with Gasteiger partial charge in [-0.3, -0.25) is 19.3 Å². The van der Waals surface area contributed by atoms with Crippen molar-refractivity contribution >= 4 is 17.4 Å². The molecular formula is C36H37F6N5O2. The largest absolute Gasteiger partial charge is 0.436 e. The van der Waals surface area contributed by atoms with Crippen LogP contribution in [0.1, 0.15) is 80.9 Å². The van der Waals surface area contributed by atoms with Gasteiger partial charge in [0.2, 0.25) is 5.91 Å². The van der Waals surface area contributed by atoms with Crippen LogP contribution in [0.5, 0.6) is 0 Å². The molecular weight excluding hydrogens is 648 g/mol. The van der Waals surface area contributed by atoms with Crippen LogP contribution in [-0.2, 0) is 35.2 Å². The van der Waals surface area contributed by atoms with Gasteiger partial charge < -0.3 is 11.1 Å². The summed E-state index contributed by atoms with van der Waals surface area (Å²) in [5, 5.41) is 6.43. The number of carbonyl (C=O) groups is 2. The van der Waals surface area contributed by atoms with E-state index in [1.54, 1.807) is 33.8 Å². The fourth-order valence-corrected chi connectivity index (χ4v) is 4.94. The number of halogens is 6. The molecule has 1 unspecified atom stereocenters. The smallest absolute Gasteiger partial charge is 0.366 e. The summed E-state index contributed by atoms with van der Waals surface area (Å²) in [7, 11) is 0. The van der Waals surface area contributed by atoms with Gasteiger partial charge in [-0.1, -0.05) is 44.4 Å². The predicted molar refractivity (Wildman–Crippen MR) is 174 cm³/mol. The fraction of sp³-hybridized carbons (Fsp3) is 0.333. The molecule has 2 heterocycles. The van der Waals surface area contributed by atoms with Gasteiger partial charge in [-0.2, -0.15) is 18.3 Å². The van der Waals surface area contributed by atoms with Gasteiger partial charge in [-0.15, -0.1) is 0 Å². The molecule has 0 aliphatic rings. The van der Waals surface area contributed by atoms with E-state index in [2.05, 4.69) is 33.8 Å². The summed E-state index contributed by atoms with van der Waals surface area (Å²) in [6.07, 6.45) is -1.29. The van der Waals surface area contributed by atoms with Crippen molar-refractivity contribution in [2.75, 3.05) is 0 Å². The first-order valence-corrected chi connectivity index (χ1v) is 15.3. The van der Waals surface area contributed by atoms with Gasteiger partial charge in [0.05, 0.1) is 28.6 Å². The Morgan fingerprint density at radius 3 is 2.31 bits per heavy atom. The third-order valence-corrected chi connectivity index (χ3v) is 7.08. The van der Waals surface area contributed by atoms with Gasteiger partial charge in [0.1, 0.15) is 24.0 Å². The first kappa shape index (κ1) is 38.3. The van der Waals surface area contributed by atoms with Crippen molar-refractivity contribution in [3.05, 3.63) is 112 Å². The summed E-state index contributed by atoms with van der Waals surface area (Å²) in [4.78, 5) is 30.1. The van der Waals surface area contributed by atoms with Crippen LogP contribution in [0.2, 0.25) is 0 Å². The summed E-state index contributed by atoms with van der Waals surface area (Å²) in [5.41, 5.74) is 3.58. The first-order valence-electron chi connectivity index (χ1n) is 15.3. The minimum atomic E-state index is -4.86. The van der Waals surface area contributed by atoms with Gasteiger partial charge in [0.25, 0.3) is 5.91 Å². The number of hydrogen-bond donors (Lipinski definition) is 2. The summed E-state index contributed by atoms with van der Waals surface area (Å²) < 4.78 is 86.1. The van der Waals surface area contributed by atoms with E-state index in [1.165, 1.54) is 31.3 Å². The highest BCUT2D eigenvalue weighted by Crippen LogP contribution is 2.33. The zero-order chi connectivity index (χ0) is 36.7. The van der Waals surface area contributed by atoms with Gasteiger partial charge in [-0.05, 0) is 75.4 Å². The maximum Gasteiger partial charge on any atom is 0.436 e. The Hall–Kier alpha value is -5.12. The summed E-state index contributed by atoms with van der Waals surface area (Å²) in [6.45, 7) is 11.4. The van der Waals surface area contributed by atoms with E-state index in [4.69, 9.17) is 5.73 Å². The number of allylic oxidation sites excluding steroid dienone is 3. The Morgan fingerprint density at radius 1 is 1.12 bits per heavy atom. The Labute approximate surface area is 281 Å². The maximum atomic E-state index is 14.6. The maximum absolute atomic E-state index is 14.6. The van der Waals surface area contributed by atoms with Crippen molar-refractivity contribution in [1.29, 1.82) is 0 Å². The molecule has 0 aliphatic heterocycles. The summed E-state index contributed by atoms with van der Waals surface area (Å²) in [6, 6.07) is 4.70. The molecule has 1 aromatic carbocycles. The Balaban J connectivity index is 2.16. The number of carbonyl (C=O) groups excluding carboxylic acids is 2. The van der Waals surface area contributed by atoms with E-state index in [0.717, 1.165) is 16.8 Å². The average Bonchev–Trinajstić information content (AvgIpc) is 3.36. The molecule has 0 radical (unpaired) electrons. The summed E-state index contributed by atoms with van der Waals surface area (Å²) in [5.74, 6) is 0.995. The molecule has 0 saturated carbocycles. The number of aromatic nitrogens is 3. The van der Waals surface area contributed by atoms with E-state index in [1.807, 2.05) is 0 Å². The monoisotopic (exact) mass is 685 g/mol. The van der Waals surface area contributed by atoms with E-state index in [9.17, 15) is 35.9 Å². The van der Waals surface area contributed by atoms with Crippen molar-refractivity contribution in [1.82, 2.24) is 20.1 Å². The highest BCUT2D eigenvalue weighted by Gasteiger charge is 2.39. The Morgan fingerprint density at radius 2 is 1.78 bits per heavy atom. The molecule has 3 aromatic rings. The molecule has 3 rings (SSSR count). The minimum Gasteiger partial charge on any atom is -0.366 e. The van der Waals surface area contributed by atoms with Crippen molar-refractivity contribution in [3.8, 4) is 11.8 Å². The van der Waals surface area contributed by atoms with E-state index in [-0.39, 0.29) is 52.9 Å². The highest BCUT2D eigenvalue weighted by atomic mass is 19.4. The molecule has 0 spiro atoms. The number of rotatable bonds is 12. The van der Waals surface area contributed by atoms with Crippen molar-refractivity contribution in [3.63, 3.8) is 0 Å². The minimum absolute atomic E-state index is 0.0679. The molecule has 2 aromatic heterocycles. The normalized spacial score (nSPS) is 13.2. The number of alkyl halides is 3. The van der Waals surface area contributed by atoms with Gasteiger partial charge >= 0.3 is 6.18 Å². The van der Waals surface area contributed by atoms with E-state index in [0.29, 0.717) is 6.07 Å². The molecule has 0 fully saturated rings. The highest BCUT2D eigenvalue weighted by molar-refractivity contribution is 5.98. The van der Waals surface area contributed by atoms with Crippen molar-refractivity contribution in [2.24, 2.45) is 11.1 Å². The number of nitrogens with one attached hydrogen (secondary N) is 1. The van der Waals surface area contributed by atoms with Crippen LogP contribution in [0.25, 0.3) is 5.57 Å². The van der Waals surface area contributed by atoms with Gasteiger partial charge in [-0.25, -0.2) is 13.2 Å². The Kier molecular flexibility index (Phi) is 12.4. The molecule has 13 heteroatoms. The lowest BCUT2D eigenvalue weighted by atomic mass is 9.94. The van der Waals surface area contributed by atoms with Gasteiger partial charge in [0.15, 0.2) is 5.69 Å². The second-order valence-corrected chi connectivity index (χ2v) is 12.1. The number of hydrogen-bond acceptors (Lipinski definition) is 4. The topological polar surface area (TPSA) is 103 Å². The molecule has 0 saturated heterocycles. The third-order valence-electron chi connectivity index (χ3n) is 7.08. The summed E-state index contributed by atoms with van der Waals surface area (Å²) >= 11 is 0. The van der Waals surface area contributed by atoms with Crippen molar-refractivity contribution in [2.45, 2.75) is 72.6 Å². The van der Waals surface area contributed by atoms with Crippen LogP contribution >= 0.6 is 0 Å². The van der Waals surface area contributed by atoms with Crippen LogP contribution in [0.4, 0.5) is 26.3 Å². The molecule has 7 nitrogen and oxygen atoms in total. The second kappa shape index (κ2) is 15.9. The number of benzene rings is 1. The molecule has 0 aliphatic carbocycles. The standard InChI is InChI=1S/C36H37F6N5O2/c1-7-22(18-27(34(43)49)28(39)8-2)25-11-10-14-44-32(25)29(17-21-15-23(37)19-24(38)16-21)45-31(48)20-47-30(9-3)26(12-13-35(4,5)6)33(46-47)36(40,41)42/h7,10-11,14-16,18-19,29H,1,8-9,17,20H2,2-6H3,(H2,43,49)(H,45,48). The van der Waals surface area contributed by atoms with Crippen LogP contribution < -0.4 is 11.1 Å². The molecule has 1 atom stereocenters. The molecule has 0 bridgehead atoms. The second-order valence-electron chi connectivity index (χ2n) is 12.1. The van der Waals surface area contributed by atoms with E-state index < -0.39 is 64.7 Å².